The van der Waals surface area contributed by atoms with Gasteiger partial charge in [-0.2, -0.15) is 0 Å². The van der Waals surface area contributed by atoms with Gasteiger partial charge in [0.05, 0.1) is 0 Å². The second-order valence-corrected chi connectivity index (χ2v) is 4.05. The molecule has 14 heavy (non-hydrogen) atoms. The number of hydrogen-bond acceptors (Lipinski definition) is 1. The number of halogens is 1. The van der Waals surface area contributed by atoms with E-state index < -0.39 is 0 Å². The molecule has 0 saturated carbocycles. The second-order valence-electron chi connectivity index (χ2n) is 3.17. The van der Waals surface area contributed by atoms with Gasteiger partial charge >= 0.3 is 0 Å². The zero-order valence-corrected chi connectivity index (χ0v) is 9.12. The van der Waals surface area contributed by atoms with Crippen molar-refractivity contribution in [2.45, 2.75) is 6.42 Å². The Labute approximate surface area is 90.9 Å². The minimum Gasteiger partial charge on any atom is -0.286 e. The summed E-state index contributed by atoms with van der Waals surface area (Å²) >= 11 is 2.96. The highest BCUT2D eigenvalue weighted by molar-refractivity contribution is 9.18. The molecule has 2 heteroatoms. The van der Waals surface area contributed by atoms with Gasteiger partial charge in [-0.1, -0.05) is 42.5 Å². The molecular formula is C12H9BrO. The molecule has 0 aliphatic heterocycles. The van der Waals surface area contributed by atoms with Crippen molar-refractivity contribution in [2.75, 3.05) is 0 Å². The number of carbonyl (C=O) groups excluding carboxylic acids is 1. The van der Waals surface area contributed by atoms with Gasteiger partial charge < -0.3 is 0 Å². The molecule has 0 radical (unpaired) electrons. The summed E-state index contributed by atoms with van der Waals surface area (Å²) in [5.74, 6) is 0. The molecule has 0 aliphatic carbocycles. The summed E-state index contributed by atoms with van der Waals surface area (Å²) in [6, 6.07) is 14.1. The summed E-state index contributed by atoms with van der Waals surface area (Å²) in [5, 5.41) is 2.33. The Hall–Kier alpha value is -1.15. The van der Waals surface area contributed by atoms with Crippen LogP contribution in [0.15, 0.2) is 42.5 Å². The maximum atomic E-state index is 11.0. The summed E-state index contributed by atoms with van der Waals surface area (Å²) < 4.78 is 0.0221. The van der Waals surface area contributed by atoms with Crippen LogP contribution in [0, 0.1) is 0 Å². The first kappa shape index (κ1) is 9.41. The number of benzene rings is 2. The molecule has 0 aliphatic rings. The summed E-state index contributed by atoms with van der Waals surface area (Å²) in [4.78, 5) is 11.0. The van der Waals surface area contributed by atoms with Gasteiger partial charge in [0.15, 0.2) is 0 Å². The van der Waals surface area contributed by atoms with E-state index in [0.717, 1.165) is 10.9 Å². The third-order valence-electron chi connectivity index (χ3n) is 2.21. The Morgan fingerprint density at radius 2 is 1.79 bits per heavy atom. The predicted molar refractivity (Wildman–Crippen MR) is 61.6 cm³/mol. The number of hydrogen-bond donors (Lipinski definition) is 0. The van der Waals surface area contributed by atoms with Crippen molar-refractivity contribution in [3.8, 4) is 0 Å². The van der Waals surface area contributed by atoms with Crippen LogP contribution in [-0.2, 0) is 11.2 Å². The Bertz CT molecular complexity index is 471. The van der Waals surface area contributed by atoms with E-state index in [1.54, 1.807) is 0 Å². The van der Waals surface area contributed by atoms with Gasteiger partial charge in [0.25, 0.3) is 0 Å². The lowest BCUT2D eigenvalue weighted by atomic mass is 10.0. The van der Waals surface area contributed by atoms with Crippen LogP contribution in [0.4, 0.5) is 0 Å². The van der Waals surface area contributed by atoms with Gasteiger partial charge in [0.2, 0.25) is 4.69 Å². The van der Waals surface area contributed by atoms with E-state index in [4.69, 9.17) is 0 Å². The van der Waals surface area contributed by atoms with Crippen LogP contribution in [0.1, 0.15) is 5.56 Å². The maximum Gasteiger partial charge on any atom is 0.202 e. The molecule has 0 N–H and O–H groups in total. The van der Waals surface area contributed by atoms with Crippen molar-refractivity contribution in [3.63, 3.8) is 0 Å². The van der Waals surface area contributed by atoms with E-state index in [0.29, 0.717) is 6.42 Å². The zero-order chi connectivity index (χ0) is 9.97. The van der Waals surface area contributed by atoms with Crippen LogP contribution in [0.3, 0.4) is 0 Å². The molecule has 2 rings (SSSR count). The van der Waals surface area contributed by atoms with Crippen LogP contribution >= 0.6 is 15.9 Å². The molecule has 0 saturated heterocycles. The van der Waals surface area contributed by atoms with E-state index in [9.17, 15) is 4.79 Å². The Morgan fingerprint density at radius 1 is 1.07 bits per heavy atom. The van der Waals surface area contributed by atoms with Gasteiger partial charge in [-0.25, -0.2) is 0 Å². The average Bonchev–Trinajstić information content (AvgIpc) is 2.18. The standard InChI is InChI=1S/C12H9BrO/c13-12(14)8-10-6-3-5-9-4-1-2-7-11(9)10/h1-7H,8H2. The van der Waals surface area contributed by atoms with Gasteiger partial charge in [-0.15, -0.1) is 0 Å². The minimum absolute atomic E-state index is 0.0221. The fraction of sp³-hybridized carbons (Fsp3) is 0.0833. The van der Waals surface area contributed by atoms with Gasteiger partial charge in [0, 0.05) is 6.42 Å². The number of fused-ring (bicyclic) bond motifs is 1. The molecule has 0 aromatic heterocycles. The molecular weight excluding hydrogens is 240 g/mol. The van der Waals surface area contributed by atoms with E-state index >= 15 is 0 Å². The first-order valence-electron chi connectivity index (χ1n) is 4.42. The van der Waals surface area contributed by atoms with Crippen LogP contribution < -0.4 is 0 Å². The molecule has 0 bridgehead atoms. The largest absolute Gasteiger partial charge is 0.286 e. The molecule has 2 aromatic carbocycles. The van der Waals surface area contributed by atoms with Crippen molar-refractivity contribution in [2.24, 2.45) is 0 Å². The molecule has 2 aromatic rings. The topological polar surface area (TPSA) is 17.1 Å². The Morgan fingerprint density at radius 3 is 2.57 bits per heavy atom. The zero-order valence-electron chi connectivity index (χ0n) is 7.53. The van der Waals surface area contributed by atoms with Crippen molar-refractivity contribution >= 4 is 31.4 Å². The Balaban J connectivity index is 2.59. The summed E-state index contributed by atoms with van der Waals surface area (Å²) in [6.45, 7) is 0. The molecule has 0 atom stereocenters. The first-order chi connectivity index (χ1) is 6.77. The van der Waals surface area contributed by atoms with Crippen LogP contribution in [0.25, 0.3) is 10.8 Å². The second kappa shape index (κ2) is 3.93. The molecule has 0 heterocycles. The minimum atomic E-state index is 0.0221. The summed E-state index contributed by atoms with van der Waals surface area (Å²) in [7, 11) is 0. The lowest BCUT2D eigenvalue weighted by Gasteiger charge is -2.03. The van der Waals surface area contributed by atoms with Gasteiger partial charge in [0.1, 0.15) is 0 Å². The molecule has 0 spiro atoms. The molecule has 0 unspecified atom stereocenters. The number of rotatable bonds is 2. The van der Waals surface area contributed by atoms with Crippen molar-refractivity contribution < 1.29 is 4.79 Å². The van der Waals surface area contributed by atoms with Crippen LogP contribution in [0.2, 0.25) is 0 Å². The monoisotopic (exact) mass is 248 g/mol. The molecule has 0 fully saturated rings. The smallest absolute Gasteiger partial charge is 0.202 e. The van der Waals surface area contributed by atoms with Crippen molar-refractivity contribution in [1.82, 2.24) is 0 Å². The summed E-state index contributed by atoms with van der Waals surface area (Å²) in [6.07, 6.45) is 0.446. The van der Waals surface area contributed by atoms with Gasteiger partial charge in [-0.3, -0.25) is 4.79 Å². The maximum absolute atomic E-state index is 11.0. The fourth-order valence-corrected chi connectivity index (χ4v) is 1.90. The van der Waals surface area contributed by atoms with E-state index in [1.807, 2.05) is 30.3 Å². The normalized spacial score (nSPS) is 10.4. The lowest BCUT2D eigenvalue weighted by molar-refractivity contribution is -0.109. The first-order valence-corrected chi connectivity index (χ1v) is 5.21. The fourth-order valence-electron chi connectivity index (χ4n) is 1.60. The number of carbonyl (C=O) groups is 1. The highest BCUT2D eigenvalue weighted by Gasteiger charge is 2.02. The lowest BCUT2D eigenvalue weighted by Crippen LogP contribution is -1.93. The molecule has 0 amide bonds. The van der Waals surface area contributed by atoms with E-state index in [2.05, 4.69) is 28.1 Å². The van der Waals surface area contributed by atoms with E-state index in [-0.39, 0.29) is 4.69 Å². The third kappa shape index (κ3) is 1.85. The van der Waals surface area contributed by atoms with Crippen molar-refractivity contribution in [3.05, 3.63) is 48.0 Å². The quantitative estimate of drug-likeness (QED) is 0.746. The Kier molecular flexibility index (Phi) is 2.64. The molecule has 1 nitrogen and oxygen atoms in total. The van der Waals surface area contributed by atoms with Gasteiger partial charge in [-0.05, 0) is 32.3 Å². The van der Waals surface area contributed by atoms with Crippen molar-refractivity contribution in [1.29, 1.82) is 0 Å². The molecule has 70 valence electrons. The SMILES string of the molecule is O=C(Br)Cc1cccc2ccccc12. The highest BCUT2D eigenvalue weighted by Crippen LogP contribution is 2.19. The van der Waals surface area contributed by atoms with Crippen LogP contribution in [-0.4, -0.2) is 4.69 Å². The van der Waals surface area contributed by atoms with E-state index in [1.165, 1.54) is 5.39 Å². The highest BCUT2D eigenvalue weighted by atomic mass is 79.9. The average molecular weight is 249 g/mol. The third-order valence-corrected chi connectivity index (χ3v) is 2.49. The predicted octanol–water partition coefficient (Wildman–Crippen LogP) is 3.30. The van der Waals surface area contributed by atoms with Crippen LogP contribution in [0.5, 0.6) is 0 Å². The summed E-state index contributed by atoms with van der Waals surface area (Å²) in [5.41, 5.74) is 1.07.